The van der Waals surface area contributed by atoms with Crippen LogP contribution in [0.2, 0.25) is 0 Å². The van der Waals surface area contributed by atoms with Crippen LogP contribution >= 0.6 is 0 Å². The molecule has 3 rings (SSSR count). The molecule has 0 bridgehead atoms. The molecular formula is C16H18N2O2S. The smallest absolute Gasteiger partial charge is 0.240 e. The maximum Gasteiger partial charge on any atom is 0.240 e. The summed E-state index contributed by atoms with van der Waals surface area (Å²) in [7, 11) is -3.47. The minimum absolute atomic E-state index is 0.304. The van der Waals surface area contributed by atoms with Crippen LogP contribution in [0.4, 0.5) is 5.69 Å². The highest BCUT2D eigenvalue weighted by atomic mass is 32.2. The highest BCUT2D eigenvalue weighted by Gasteiger charge is 2.17. The second-order valence-electron chi connectivity index (χ2n) is 5.31. The first-order valence-corrected chi connectivity index (χ1v) is 8.45. The number of fused-ring (bicyclic) bond motifs is 1. The van der Waals surface area contributed by atoms with Crippen molar-refractivity contribution in [3.63, 3.8) is 0 Å². The van der Waals surface area contributed by atoms with Gasteiger partial charge in [-0.25, -0.2) is 13.1 Å². The van der Waals surface area contributed by atoms with E-state index in [0.29, 0.717) is 11.4 Å². The molecule has 0 aliphatic carbocycles. The third kappa shape index (κ3) is 3.09. The van der Waals surface area contributed by atoms with E-state index in [9.17, 15) is 8.42 Å². The Balaban J connectivity index is 1.76. The summed E-state index contributed by atoms with van der Waals surface area (Å²) in [5.41, 5.74) is 4.21. The number of rotatable bonds is 4. The Bertz CT molecular complexity index is 752. The van der Waals surface area contributed by atoms with Gasteiger partial charge in [-0.1, -0.05) is 29.8 Å². The Kier molecular flexibility index (Phi) is 3.69. The predicted octanol–water partition coefficient (Wildman–Crippen LogP) is 2.44. The molecule has 2 N–H and O–H groups in total. The fourth-order valence-electron chi connectivity index (χ4n) is 2.42. The standard InChI is InChI=1S/C16H18N2O2S/c1-12-2-4-13(5-3-12)11-18-21(19,20)15-6-7-16-14(10-15)8-9-17-16/h2-7,10,17-18H,8-9,11H2,1H3. The van der Waals surface area contributed by atoms with E-state index < -0.39 is 10.0 Å². The molecule has 0 atom stereocenters. The van der Waals surface area contributed by atoms with Crippen molar-refractivity contribution in [3.05, 3.63) is 59.2 Å². The summed E-state index contributed by atoms with van der Waals surface area (Å²) in [6.07, 6.45) is 0.872. The molecule has 1 aliphatic heterocycles. The van der Waals surface area contributed by atoms with Crippen molar-refractivity contribution in [2.75, 3.05) is 11.9 Å². The number of aryl methyl sites for hydroxylation is 1. The molecule has 0 aromatic heterocycles. The lowest BCUT2D eigenvalue weighted by atomic mass is 10.2. The Morgan fingerprint density at radius 1 is 1.14 bits per heavy atom. The molecule has 1 heterocycles. The van der Waals surface area contributed by atoms with Gasteiger partial charge in [0.05, 0.1) is 4.90 Å². The molecule has 0 radical (unpaired) electrons. The first kappa shape index (κ1) is 14.1. The zero-order chi connectivity index (χ0) is 14.9. The molecule has 21 heavy (non-hydrogen) atoms. The van der Waals surface area contributed by atoms with E-state index in [1.807, 2.05) is 37.3 Å². The van der Waals surface area contributed by atoms with Crippen LogP contribution in [0, 0.1) is 6.92 Å². The second kappa shape index (κ2) is 5.50. The quantitative estimate of drug-likeness (QED) is 0.912. The molecule has 0 fully saturated rings. The molecule has 0 spiro atoms. The number of hydrogen-bond donors (Lipinski definition) is 2. The molecular weight excluding hydrogens is 284 g/mol. The Morgan fingerprint density at radius 3 is 2.67 bits per heavy atom. The van der Waals surface area contributed by atoms with Crippen LogP contribution in [-0.2, 0) is 23.0 Å². The first-order chi connectivity index (χ1) is 10.0. The van der Waals surface area contributed by atoms with Gasteiger partial charge in [0.1, 0.15) is 0 Å². The van der Waals surface area contributed by atoms with Crippen molar-refractivity contribution >= 4 is 15.7 Å². The summed E-state index contributed by atoms with van der Waals surface area (Å²) < 4.78 is 27.3. The zero-order valence-corrected chi connectivity index (χ0v) is 12.7. The van der Waals surface area contributed by atoms with Crippen molar-refractivity contribution in [2.45, 2.75) is 24.8 Å². The maximum absolute atomic E-state index is 12.3. The van der Waals surface area contributed by atoms with E-state index >= 15 is 0 Å². The van der Waals surface area contributed by atoms with Crippen LogP contribution in [0.15, 0.2) is 47.4 Å². The zero-order valence-electron chi connectivity index (χ0n) is 11.9. The molecule has 0 unspecified atom stereocenters. The Morgan fingerprint density at radius 2 is 1.90 bits per heavy atom. The van der Waals surface area contributed by atoms with Gasteiger partial charge in [0, 0.05) is 18.8 Å². The van der Waals surface area contributed by atoms with Gasteiger partial charge in [-0.3, -0.25) is 0 Å². The lowest BCUT2D eigenvalue weighted by Crippen LogP contribution is -2.23. The Hall–Kier alpha value is -1.85. The topological polar surface area (TPSA) is 58.2 Å². The van der Waals surface area contributed by atoms with Crippen LogP contribution in [0.1, 0.15) is 16.7 Å². The summed E-state index contributed by atoms with van der Waals surface area (Å²) in [4.78, 5) is 0.331. The predicted molar refractivity (Wildman–Crippen MR) is 83.8 cm³/mol. The van der Waals surface area contributed by atoms with Crippen LogP contribution in [0.5, 0.6) is 0 Å². The van der Waals surface area contributed by atoms with E-state index in [4.69, 9.17) is 0 Å². The third-order valence-electron chi connectivity index (χ3n) is 3.68. The van der Waals surface area contributed by atoms with E-state index in [-0.39, 0.29) is 0 Å². The molecule has 1 aliphatic rings. The lowest BCUT2D eigenvalue weighted by molar-refractivity contribution is 0.581. The minimum Gasteiger partial charge on any atom is -0.384 e. The first-order valence-electron chi connectivity index (χ1n) is 6.97. The van der Waals surface area contributed by atoms with Crippen LogP contribution in [0.3, 0.4) is 0 Å². The van der Waals surface area contributed by atoms with E-state index in [1.165, 1.54) is 0 Å². The summed E-state index contributed by atoms with van der Waals surface area (Å²) in [5, 5.41) is 3.23. The number of benzene rings is 2. The van der Waals surface area contributed by atoms with E-state index in [2.05, 4.69) is 10.0 Å². The molecule has 110 valence electrons. The molecule has 4 nitrogen and oxygen atoms in total. The van der Waals surface area contributed by atoms with Gasteiger partial charge >= 0.3 is 0 Å². The lowest BCUT2D eigenvalue weighted by Gasteiger charge is -2.09. The number of anilines is 1. The third-order valence-corrected chi connectivity index (χ3v) is 5.08. The molecule has 0 saturated carbocycles. The fraction of sp³-hybridized carbons (Fsp3) is 0.250. The van der Waals surface area contributed by atoms with Crippen molar-refractivity contribution in [3.8, 4) is 0 Å². The number of nitrogens with one attached hydrogen (secondary N) is 2. The van der Waals surface area contributed by atoms with Gasteiger partial charge in [-0.2, -0.15) is 0 Å². The number of sulfonamides is 1. The van der Waals surface area contributed by atoms with Crippen molar-refractivity contribution < 1.29 is 8.42 Å². The summed E-state index contributed by atoms with van der Waals surface area (Å²) in [6.45, 7) is 3.18. The van der Waals surface area contributed by atoms with E-state index in [0.717, 1.165) is 35.3 Å². The highest BCUT2D eigenvalue weighted by Crippen LogP contribution is 2.25. The molecule has 0 amide bonds. The van der Waals surface area contributed by atoms with Crippen LogP contribution in [-0.4, -0.2) is 15.0 Å². The average molecular weight is 302 g/mol. The molecule has 0 saturated heterocycles. The van der Waals surface area contributed by atoms with Gasteiger partial charge in [-0.05, 0) is 42.7 Å². The highest BCUT2D eigenvalue weighted by molar-refractivity contribution is 7.89. The minimum atomic E-state index is -3.47. The normalized spacial score (nSPS) is 13.8. The van der Waals surface area contributed by atoms with Crippen LogP contribution < -0.4 is 10.0 Å². The average Bonchev–Trinajstić information content (AvgIpc) is 2.94. The summed E-state index contributed by atoms with van der Waals surface area (Å²) in [5.74, 6) is 0. The monoisotopic (exact) mass is 302 g/mol. The SMILES string of the molecule is Cc1ccc(CNS(=O)(=O)c2ccc3c(c2)CCN3)cc1. The Labute approximate surface area is 125 Å². The van der Waals surface area contributed by atoms with Gasteiger partial charge in [0.2, 0.25) is 10.0 Å². The van der Waals surface area contributed by atoms with Crippen molar-refractivity contribution in [1.29, 1.82) is 0 Å². The molecule has 5 heteroatoms. The molecule has 2 aromatic carbocycles. The van der Waals surface area contributed by atoms with Crippen molar-refractivity contribution in [1.82, 2.24) is 4.72 Å². The second-order valence-corrected chi connectivity index (χ2v) is 7.07. The van der Waals surface area contributed by atoms with Gasteiger partial charge in [-0.15, -0.1) is 0 Å². The van der Waals surface area contributed by atoms with Gasteiger partial charge in [0.15, 0.2) is 0 Å². The number of hydrogen-bond acceptors (Lipinski definition) is 3. The van der Waals surface area contributed by atoms with Gasteiger partial charge < -0.3 is 5.32 Å². The fourth-order valence-corrected chi connectivity index (χ4v) is 3.48. The molecule has 2 aromatic rings. The van der Waals surface area contributed by atoms with Crippen LogP contribution in [0.25, 0.3) is 0 Å². The summed E-state index contributed by atoms with van der Waals surface area (Å²) in [6, 6.07) is 13.1. The van der Waals surface area contributed by atoms with Crippen molar-refractivity contribution in [2.24, 2.45) is 0 Å². The maximum atomic E-state index is 12.3. The van der Waals surface area contributed by atoms with E-state index in [1.54, 1.807) is 12.1 Å². The largest absolute Gasteiger partial charge is 0.384 e. The summed E-state index contributed by atoms with van der Waals surface area (Å²) >= 11 is 0. The van der Waals surface area contributed by atoms with Gasteiger partial charge in [0.25, 0.3) is 0 Å².